The maximum absolute atomic E-state index is 13.5. The van der Waals surface area contributed by atoms with Crippen LogP contribution in [0.15, 0.2) is 67.1 Å². The minimum Gasteiger partial charge on any atom is -0.478 e. The van der Waals surface area contributed by atoms with Crippen LogP contribution in [0.25, 0.3) is 16.8 Å². The molecule has 2 aromatic carbocycles. The number of amides is 1. The molecule has 6 rings (SSSR count). The number of rotatable bonds is 8. The summed E-state index contributed by atoms with van der Waals surface area (Å²) < 4.78 is 3.55. The average molecular weight is 538 g/mol. The summed E-state index contributed by atoms with van der Waals surface area (Å²) in [5.74, 6) is -0.589. The number of carboxylic acids is 1. The van der Waals surface area contributed by atoms with Gasteiger partial charge in [0.1, 0.15) is 5.56 Å². The number of likely N-dealkylation sites (tertiary alicyclic amines) is 1. The summed E-state index contributed by atoms with van der Waals surface area (Å²) in [6.45, 7) is 3.00. The molecule has 2 aromatic heterocycles. The molecule has 1 saturated heterocycles. The molecule has 40 heavy (non-hydrogen) atoms. The zero-order valence-corrected chi connectivity index (χ0v) is 23.0. The van der Waals surface area contributed by atoms with Gasteiger partial charge >= 0.3 is 5.97 Å². The molecule has 3 heterocycles. The maximum Gasteiger partial charge on any atom is 0.339 e. The third-order valence-electron chi connectivity index (χ3n) is 8.37. The summed E-state index contributed by atoms with van der Waals surface area (Å²) in [6, 6.07) is 16.1. The molecule has 0 bridgehead atoms. The zero-order valence-electron chi connectivity index (χ0n) is 23.0. The summed E-state index contributed by atoms with van der Waals surface area (Å²) in [7, 11) is 1.89. The number of aryl methyl sites for hydroxylation is 1. The lowest BCUT2D eigenvalue weighted by Crippen LogP contribution is -2.43. The van der Waals surface area contributed by atoms with Crippen LogP contribution in [-0.2, 0) is 7.05 Å². The van der Waals surface area contributed by atoms with Gasteiger partial charge in [-0.3, -0.25) is 9.48 Å². The Balaban J connectivity index is 1.31. The third-order valence-corrected chi connectivity index (χ3v) is 8.37. The van der Waals surface area contributed by atoms with Crippen molar-refractivity contribution in [2.75, 3.05) is 6.54 Å². The van der Waals surface area contributed by atoms with Gasteiger partial charge in [0.25, 0.3) is 5.91 Å². The van der Waals surface area contributed by atoms with E-state index in [-0.39, 0.29) is 23.3 Å². The first-order valence-electron chi connectivity index (χ1n) is 14.3. The fourth-order valence-electron chi connectivity index (χ4n) is 6.30. The van der Waals surface area contributed by atoms with Crippen LogP contribution in [0, 0.1) is 0 Å². The maximum atomic E-state index is 13.5. The Hall–Kier alpha value is -4.20. The largest absolute Gasteiger partial charge is 0.478 e. The Bertz CT molecular complexity index is 1550. The Morgan fingerprint density at radius 3 is 2.55 bits per heavy atom. The molecule has 4 aromatic rings. The van der Waals surface area contributed by atoms with E-state index in [4.69, 9.17) is 0 Å². The van der Waals surface area contributed by atoms with Crippen LogP contribution in [0.5, 0.6) is 0 Å². The zero-order chi connectivity index (χ0) is 27.8. The highest BCUT2D eigenvalue weighted by molar-refractivity contribution is 5.96. The van der Waals surface area contributed by atoms with Crippen molar-refractivity contribution in [3.63, 3.8) is 0 Å². The van der Waals surface area contributed by atoms with Crippen LogP contribution < -0.4 is 0 Å². The predicted molar refractivity (Wildman–Crippen MR) is 153 cm³/mol. The molecule has 3 unspecified atom stereocenters. The fraction of sp³-hybridized carbons (Fsp3) is 0.375. The minimum atomic E-state index is -0.973. The lowest BCUT2D eigenvalue weighted by atomic mass is 9.96. The number of aromatic nitrogens is 4. The topological polar surface area (TPSA) is 93.2 Å². The molecule has 206 valence electrons. The van der Waals surface area contributed by atoms with Crippen molar-refractivity contribution in [1.29, 1.82) is 0 Å². The summed E-state index contributed by atoms with van der Waals surface area (Å²) in [5, 5.41) is 18.7. The summed E-state index contributed by atoms with van der Waals surface area (Å²) in [5.41, 5.74) is 5.47. The standard InChI is InChI=1S/C32H35N5O3/c1-3-8-25-12-4-5-14-36(25)31(38)23-11-6-9-21(15-23)22-10-7-13-26(16-22)37-30(29(19-34-37)32(39)40)28-17-27(28)24-18-33-35(2)20-24/h6-7,9-11,13,15-16,18-20,25,27-28H,3-5,8,12,14,17H2,1-2H3,(H,39,40). The van der Waals surface area contributed by atoms with E-state index >= 15 is 0 Å². The van der Waals surface area contributed by atoms with Gasteiger partial charge in [-0.15, -0.1) is 0 Å². The number of benzene rings is 2. The molecular formula is C32H35N5O3. The number of carbonyl (C=O) groups is 2. The Labute approximate surface area is 234 Å². The molecule has 1 aliphatic heterocycles. The molecule has 8 heteroatoms. The first-order chi connectivity index (χ1) is 19.4. The van der Waals surface area contributed by atoms with Gasteiger partial charge in [-0.1, -0.05) is 37.6 Å². The van der Waals surface area contributed by atoms with Gasteiger partial charge in [0.2, 0.25) is 0 Å². The van der Waals surface area contributed by atoms with Crippen molar-refractivity contribution in [3.8, 4) is 16.8 Å². The van der Waals surface area contributed by atoms with E-state index in [0.717, 1.165) is 66.7 Å². The normalized spacial score (nSPS) is 20.4. The lowest BCUT2D eigenvalue weighted by Gasteiger charge is -2.36. The molecule has 1 amide bonds. The predicted octanol–water partition coefficient (Wildman–Crippen LogP) is 6.04. The van der Waals surface area contributed by atoms with E-state index in [1.165, 1.54) is 12.6 Å². The number of carboxylic acid groups (broad SMARTS) is 1. The van der Waals surface area contributed by atoms with Crippen molar-refractivity contribution < 1.29 is 14.7 Å². The minimum absolute atomic E-state index is 0.0583. The molecule has 1 N–H and O–H groups in total. The van der Waals surface area contributed by atoms with Crippen LogP contribution in [0.3, 0.4) is 0 Å². The number of piperidine rings is 1. The van der Waals surface area contributed by atoms with Crippen LogP contribution in [0.1, 0.15) is 89.3 Å². The number of hydrogen-bond donors (Lipinski definition) is 1. The molecule has 2 fully saturated rings. The SMILES string of the molecule is CCCC1CCCCN1C(=O)c1cccc(-c2cccc(-n3ncc(C(=O)O)c3C3CC3c3cnn(C)c3)c2)c1. The fourth-order valence-corrected chi connectivity index (χ4v) is 6.30. The van der Waals surface area contributed by atoms with Crippen LogP contribution in [0.4, 0.5) is 0 Å². The number of hydrogen-bond acceptors (Lipinski definition) is 4. The number of nitrogens with zero attached hydrogens (tertiary/aromatic N) is 5. The molecule has 1 aliphatic carbocycles. The first kappa shape index (κ1) is 26.0. The van der Waals surface area contributed by atoms with Gasteiger partial charge < -0.3 is 10.0 Å². The average Bonchev–Trinajstić information content (AvgIpc) is 3.41. The number of aromatic carboxylic acids is 1. The molecule has 0 spiro atoms. The van der Waals surface area contributed by atoms with Gasteiger partial charge in [-0.25, -0.2) is 9.48 Å². The third kappa shape index (κ3) is 4.94. The Morgan fingerprint density at radius 2 is 1.80 bits per heavy atom. The highest BCUT2D eigenvalue weighted by atomic mass is 16.4. The smallest absolute Gasteiger partial charge is 0.339 e. The van der Waals surface area contributed by atoms with Crippen molar-refractivity contribution in [2.24, 2.45) is 7.05 Å². The monoisotopic (exact) mass is 537 g/mol. The van der Waals surface area contributed by atoms with E-state index in [2.05, 4.69) is 22.0 Å². The highest BCUT2D eigenvalue weighted by Crippen LogP contribution is 2.55. The molecule has 0 radical (unpaired) electrons. The van der Waals surface area contributed by atoms with Gasteiger partial charge in [0.05, 0.1) is 23.8 Å². The second-order valence-corrected chi connectivity index (χ2v) is 11.1. The Morgan fingerprint density at radius 1 is 1.00 bits per heavy atom. The van der Waals surface area contributed by atoms with Crippen LogP contribution in [-0.4, -0.2) is 54.0 Å². The number of carbonyl (C=O) groups excluding carboxylic acids is 1. The van der Waals surface area contributed by atoms with Crippen molar-refractivity contribution in [2.45, 2.75) is 63.3 Å². The molecule has 2 aliphatic rings. The summed E-state index contributed by atoms with van der Waals surface area (Å²) in [6.07, 6.45) is 11.6. The van der Waals surface area contributed by atoms with E-state index < -0.39 is 5.97 Å². The highest BCUT2D eigenvalue weighted by Gasteiger charge is 2.45. The van der Waals surface area contributed by atoms with Crippen molar-refractivity contribution in [1.82, 2.24) is 24.5 Å². The van der Waals surface area contributed by atoms with Gasteiger partial charge in [-0.2, -0.15) is 10.2 Å². The van der Waals surface area contributed by atoms with Gasteiger partial charge in [0.15, 0.2) is 0 Å². The van der Waals surface area contributed by atoms with E-state index in [0.29, 0.717) is 11.6 Å². The molecule has 8 nitrogen and oxygen atoms in total. The quantitative estimate of drug-likeness (QED) is 0.296. The first-order valence-corrected chi connectivity index (χ1v) is 14.3. The van der Waals surface area contributed by atoms with Crippen LogP contribution >= 0.6 is 0 Å². The molecule has 3 atom stereocenters. The summed E-state index contributed by atoms with van der Waals surface area (Å²) >= 11 is 0. The van der Waals surface area contributed by atoms with Gasteiger partial charge in [0, 0.05) is 37.3 Å². The van der Waals surface area contributed by atoms with E-state index in [1.54, 1.807) is 9.36 Å². The van der Waals surface area contributed by atoms with E-state index in [1.807, 2.05) is 68.0 Å². The van der Waals surface area contributed by atoms with Crippen LogP contribution in [0.2, 0.25) is 0 Å². The molecular weight excluding hydrogens is 502 g/mol. The van der Waals surface area contributed by atoms with Crippen molar-refractivity contribution >= 4 is 11.9 Å². The van der Waals surface area contributed by atoms with Crippen molar-refractivity contribution in [3.05, 3.63) is 89.5 Å². The van der Waals surface area contributed by atoms with E-state index in [9.17, 15) is 14.7 Å². The Kier molecular flexibility index (Phi) is 7.00. The summed E-state index contributed by atoms with van der Waals surface area (Å²) in [4.78, 5) is 27.7. The van der Waals surface area contributed by atoms with Gasteiger partial charge in [-0.05, 0) is 79.0 Å². The lowest BCUT2D eigenvalue weighted by molar-refractivity contribution is 0.0600. The second-order valence-electron chi connectivity index (χ2n) is 11.1. The second kappa shape index (κ2) is 10.8. The molecule has 1 saturated carbocycles.